The molecule has 1 aromatic rings. The highest BCUT2D eigenvalue weighted by Crippen LogP contribution is 2.27. The summed E-state index contributed by atoms with van der Waals surface area (Å²) in [6.07, 6.45) is 1.57. The Morgan fingerprint density at radius 1 is 1.44 bits per heavy atom. The van der Waals surface area contributed by atoms with E-state index in [9.17, 15) is 14.3 Å². The largest absolute Gasteiger partial charge is 0.394 e. The molecule has 0 aromatic heterocycles. The zero-order valence-corrected chi connectivity index (χ0v) is 11.0. The van der Waals surface area contributed by atoms with Crippen LogP contribution in [0.3, 0.4) is 0 Å². The third-order valence-corrected chi connectivity index (χ3v) is 3.69. The van der Waals surface area contributed by atoms with Gasteiger partial charge in [-0.2, -0.15) is 0 Å². The van der Waals surface area contributed by atoms with Crippen LogP contribution in [-0.2, 0) is 0 Å². The van der Waals surface area contributed by atoms with Crippen molar-refractivity contribution in [3.05, 3.63) is 33.6 Å². The number of carbonyl (C=O) groups is 1. The third kappa shape index (κ3) is 2.46. The molecule has 0 aliphatic carbocycles. The van der Waals surface area contributed by atoms with E-state index in [1.54, 1.807) is 0 Å². The van der Waals surface area contributed by atoms with Gasteiger partial charge < -0.3 is 10.0 Å². The molecule has 0 radical (unpaired) electrons. The summed E-state index contributed by atoms with van der Waals surface area (Å²) in [5, 5.41) is 9.18. The molecule has 18 heavy (non-hydrogen) atoms. The Labute approximate surface area is 114 Å². The standard InChI is InChI=1S/C12H12Cl2FNO2/c13-9-5-10(14)11(15)4-8(9)12(18)16-3-1-2-7(16)6-17/h4-5,7,17H,1-3,6H2. The van der Waals surface area contributed by atoms with E-state index >= 15 is 0 Å². The van der Waals surface area contributed by atoms with Crippen molar-refractivity contribution in [3.8, 4) is 0 Å². The van der Waals surface area contributed by atoms with Crippen LogP contribution in [0.4, 0.5) is 4.39 Å². The second-order valence-corrected chi connectivity index (χ2v) is 5.04. The maximum atomic E-state index is 13.4. The lowest BCUT2D eigenvalue weighted by molar-refractivity contribution is 0.0677. The fourth-order valence-corrected chi connectivity index (χ4v) is 2.60. The number of amides is 1. The predicted molar refractivity (Wildman–Crippen MR) is 67.6 cm³/mol. The lowest BCUT2D eigenvalue weighted by Gasteiger charge is -2.23. The van der Waals surface area contributed by atoms with Gasteiger partial charge in [0.05, 0.1) is 28.3 Å². The van der Waals surface area contributed by atoms with E-state index in [1.165, 1.54) is 11.0 Å². The molecule has 1 N–H and O–H groups in total. The van der Waals surface area contributed by atoms with Gasteiger partial charge in [0.2, 0.25) is 0 Å². The normalized spacial score (nSPS) is 19.3. The Hall–Kier alpha value is -0.840. The van der Waals surface area contributed by atoms with Gasteiger partial charge >= 0.3 is 0 Å². The molecule has 1 fully saturated rings. The van der Waals surface area contributed by atoms with E-state index in [4.69, 9.17) is 23.2 Å². The van der Waals surface area contributed by atoms with E-state index in [2.05, 4.69) is 0 Å². The third-order valence-electron chi connectivity index (χ3n) is 3.09. The number of carbonyl (C=O) groups excluding carboxylic acids is 1. The van der Waals surface area contributed by atoms with Crippen molar-refractivity contribution in [1.82, 2.24) is 4.90 Å². The van der Waals surface area contributed by atoms with Gasteiger partial charge in [0, 0.05) is 6.54 Å². The van der Waals surface area contributed by atoms with Crippen molar-refractivity contribution in [2.75, 3.05) is 13.2 Å². The van der Waals surface area contributed by atoms with Crippen molar-refractivity contribution in [2.45, 2.75) is 18.9 Å². The molecule has 1 aromatic carbocycles. The number of nitrogens with zero attached hydrogens (tertiary/aromatic N) is 1. The van der Waals surface area contributed by atoms with Crippen LogP contribution >= 0.6 is 23.2 Å². The second kappa shape index (κ2) is 5.43. The quantitative estimate of drug-likeness (QED) is 0.851. The average Bonchev–Trinajstić information content (AvgIpc) is 2.81. The Balaban J connectivity index is 2.31. The molecule has 0 bridgehead atoms. The summed E-state index contributed by atoms with van der Waals surface area (Å²) in [7, 11) is 0. The van der Waals surface area contributed by atoms with Gasteiger partial charge in [-0.05, 0) is 25.0 Å². The molecular weight excluding hydrogens is 280 g/mol. The fraction of sp³-hybridized carbons (Fsp3) is 0.417. The minimum atomic E-state index is -0.677. The van der Waals surface area contributed by atoms with Gasteiger partial charge in [-0.15, -0.1) is 0 Å². The van der Waals surface area contributed by atoms with Gasteiger partial charge in [0.15, 0.2) is 0 Å². The topological polar surface area (TPSA) is 40.5 Å². The summed E-state index contributed by atoms with van der Waals surface area (Å²) in [5.41, 5.74) is 0.0823. The summed E-state index contributed by atoms with van der Waals surface area (Å²) in [6.45, 7) is 0.448. The zero-order chi connectivity index (χ0) is 13.3. The summed E-state index contributed by atoms with van der Waals surface area (Å²) in [5.74, 6) is -1.05. The maximum absolute atomic E-state index is 13.4. The number of aliphatic hydroxyl groups excluding tert-OH is 1. The average molecular weight is 292 g/mol. The van der Waals surface area contributed by atoms with Gasteiger partial charge in [-0.3, -0.25) is 4.79 Å². The molecule has 1 atom stereocenters. The zero-order valence-electron chi connectivity index (χ0n) is 9.50. The first-order valence-electron chi connectivity index (χ1n) is 5.61. The first-order chi connectivity index (χ1) is 8.54. The van der Waals surface area contributed by atoms with Crippen molar-refractivity contribution in [3.63, 3.8) is 0 Å². The van der Waals surface area contributed by atoms with Crippen LogP contribution < -0.4 is 0 Å². The molecule has 2 rings (SSSR count). The Bertz CT molecular complexity index is 481. The highest BCUT2D eigenvalue weighted by atomic mass is 35.5. The summed E-state index contributed by atoms with van der Waals surface area (Å²) >= 11 is 11.5. The van der Waals surface area contributed by atoms with E-state index in [1.807, 2.05) is 0 Å². The molecule has 1 aliphatic rings. The molecule has 1 aliphatic heterocycles. The minimum absolute atomic E-state index is 0.0823. The van der Waals surface area contributed by atoms with Crippen LogP contribution in [0.15, 0.2) is 12.1 Å². The van der Waals surface area contributed by atoms with Crippen molar-refractivity contribution in [1.29, 1.82) is 0 Å². The number of rotatable bonds is 2. The van der Waals surface area contributed by atoms with E-state index in [-0.39, 0.29) is 34.2 Å². The van der Waals surface area contributed by atoms with E-state index in [0.29, 0.717) is 6.54 Å². The molecule has 1 amide bonds. The number of hydrogen-bond donors (Lipinski definition) is 1. The fourth-order valence-electron chi connectivity index (χ4n) is 2.13. The molecule has 0 spiro atoms. The lowest BCUT2D eigenvalue weighted by atomic mass is 10.1. The van der Waals surface area contributed by atoms with Crippen LogP contribution in [-0.4, -0.2) is 35.1 Å². The van der Waals surface area contributed by atoms with Crippen molar-refractivity contribution in [2.24, 2.45) is 0 Å². The van der Waals surface area contributed by atoms with Gasteiger partial charge in [-0.1, -0.05) is 23.2 Å². The first kappa shape index (κ1) is 13.6. The molecule has 6 heteroatoms. The van der Waals surface area contributed by atoms with Gasteiger partial charge in [0.25, 0.3) is 5.91 Å². The molecule has 1 unspecified atom stereocenters. The molecular formula is C12H12Cl2FNO2. The van der Waals surface area contributed by atoms with Crippen LogP contribution in [0, 0.1) is 5.82 Å². The molecule has 98 valence electrons. The number of hydrogen-bond acceptors (Lipinski definition) is 2. The number of aliphatic hydroxyl groups is 1. The van der Waals surface area contributed by atoms with Crippen LogP contribution in [0.25, 0.3) is 0 Å². The summed E-state index contributed by atoms with van der Waals surface area (Å²) in [4.78, 5) is 13.7. The summed E-state index contributed by atoms with van der Waals surface area (Å²) < 4.78 is 13.4. The van der Waals surface area contributed by atoms with Crippen LogP contribution in [0.2, 0.25) is 10.0 Å². The molecule has 1 heterocycles. The first-order valence-corrected chi connectivity index (χ1v) is 6.36. The van der Waals surface area contributed by atoms with E-state index in [0.717, 1.165) is 18.9 Å². The van der Waals surface area contributed by atoms with Crippen LogP contribution in [0.1, 0.15) is 23.2 Å². The number of likely N-dealkylation sites (tertiary alicyclic amines) is 1. The monoisotopic (exact) mass is 291 g/mol. The highest BCUT2D eigenvalue weighted by Gasteiger charge is 2.30. The SMILES string of the molecule is O=C(c1cc(F)c(Cl)cc1Cl)N1CCCC1CO. The smallest absolute Gasteiger partial charge is 0.255 e. The predicted octanol–water partition coefficient (Wildman–Crippen LogP) is 2.73. The maximum Gasteiger partial charge on any atom is 0.255 e. The second-order valence-electron chi connectivity index (χ2n) is 4.22. The summed E-state index contributed by atoms with van der Waals surface area (Å²) in [6, 6.07) is 2.04. The van der Waals surface area contributed by atoms with Crippen LogP contribution in [0.5, 0.6) is 0 Å². The molecule has 1 saturated heterocycles. The van der Waals surface area contributed by atoms with Crippen molar-refractivity contribution < 1.29 is 14.3 Å². The molecule has 0 saturated carbocycles. The number of benzene rings is 1. The van der Waals surface area contributed by atoms with Crippen molar-refractivity contribution >= 4 is 29.1 Å². The number of halogens is 3. The minimum Gasteiger partial charge on any atom is -0.394 e. The molecule has 3 nitrogen and oxygen atoms in total. The Morgan fingerprint density at radius 3 is 2.83 bits per heavy atom. The lowest BCUT2D eigenvalue weighted by Crippen LogP contribution is -2.37. The Kier molecular flexibility index (Phi) is 4.10. The highest BCUT2D eigenvalue weighted by molar-refractivity contribution is 6.36. The van der Waals surface area contributed by atoms with Gasteiger partial charge in [-0.25, -0.2) is 4.39 Å². The van der Waals surface area contributed by atoms with E-state index < -0.39 is 5.82 Å². The van der Waals surface area contributed by atoms with Gasteiger partial charge in [0.1, 0.15) is 5.82 Å². The Morgan fingerprint density at radius 2 is 2.17 bits per heavy atom.